The second-order valence-electron chi connectivity index (χ2n) is 2.92. The summed E-state index contributed by atoms with van der Waals surface area (Å²) < 4.78 is 9.88. The van der Waals surface area contributed by atoms with E-state index >= 15 is 0 Å². The Morgan fingerprint density at radius 1 is 1.67 bits per heavy atom. The van der Waals surface area contributed by atoms with E-state index in [2.05, 4.69) is 4.99 Å². The first-order valence-corrected chi connectivity index (χ1v) is 3.77. The van der Waals surface area contributed by atoms with Gasteiger partial charge in [-0.3, -0.25) is 0 Å². The molecule has 12 heavy (non-hydrogen) atoms. The molecule has 0 heterocycles. The number of rotatable bonds is 5. The van der Waals surface area contributed by atoms with Gasteiger partial charge in [0.1, 0.15) is 0 Å². The molecule has 0 fully saturated rings. The number of aliphatic imine (C=N–C) groups is 1. The number of nitrogens with zero attached hydrogens (tertiary/aromatic N) is 1. The quantitative estimate of drug-likeness (QED) is 0.483. The van der Waals surface area contributed by atoms with Crippen molar-refractivity contribution in [1.82, 2.24) is 0 Å². The molecule has 0 aliphatic carbocycles. The predicted octanol–water partition coefficient (Wildman–Crippen LogP) is 0.564. The molecule has 1 N–H and O–H groups in total. The van der Waals surface area contributed by atoms with Crippen LogP contribution in [0, 0.1) is 5.92 Å². The number of aliphatic carboxylic acids is 1. The van der Waals surface area contributed by atoms with Crippen molar-refractivity contribution < 1.29 is 14.6 Å². The Labute approximate surface area is 71.9 Å². The van der Waals surface area contributed by atoms with E-state index < -0.39 is 12.0 Å². The Morgan fingerprint density at radius 3 is 2.58 bits per heavy atom. The van der Waals surface area contributed by atoms with E-state index in [-0.39, 0.29) is 5.92 Å². The molecule has 1 atom stereocenters. The SMILES string of the molecule is CC(C)C[C@H](N=CB=O)C(=O)O. The average Bonchev–Trinajstić information content (AvgIpc) is 1.96. The van der Waals surface area contributed by atoms with E-state index in [0.717, 1.165) is 6.11 Å². The molecule has 5 heteroatoms. The molecule has 0 bridgehead atoms. The van der Waals surface area contributed by atoms with E-state index in [1.54, 1.807) is 0 Å². The second-order valence-corrected chi connectivity index (χ2v) is 2.92. The van der Waals surface area contributed by atoms with Gasteiger partial charge in [-0.2, -0.15) is 0 Å². The van der Waals surface area contributed by atoms with Crippen LogP contribution in [-0.4, -0.2) is 30.4 Å². The first kappa shape index (κ1) is 11.0. The van der Waals surface area contributed by atoms with Crippen LogP contribution in [0.3, 0.4) is 0 Å². The monoisotopic (exact) mass is 169 g/mol. The van der Waals surface area contributed by atoms with Gasteiger partial charge in [-0.15, -0.1) is 0 Å². The summed E-state index contributed by atoms with van der Waals surface area (Å²) >= 11 is 0. The minimum atomic E-state index is -0.984. The summed E-state index contributed by atoms with van der Waals surface area (Å²) in [5, 5.41) is 8.62. The zero-order valence-electron chi connectivity index (χ0n) is 7.23. The van der Waals surface area contributed by atoms with Crippen LogP contribution >= 0.6 is 0 Å². The van der Waals surface area contributed by atoms with E-state index in [4.69, 9.17) is 5.11 Å². The van der Waals surface area contributed by atoms with Crippen LogP contribution in [0.1, 0.15) is 20.3 Å². The molecule has 0 saturated carbocycles. The van der Waals surface area contributed by atoms with Crippen molar-refractivity contribution in [2.75, 3.05) is 0 Å². The second kappa shape index (κ2) is 5.63. The van der Waals surface area contributed by atoms with Crippen molar-refractivity contribution in [3.63, 3.8) is 0 Å². The maximum absolute atomic E-state index is 10.5. The fourth-order valence-electron chi connectivity index (χ4n) is 0.811. The predicted molar refractivity (Wildman–Crippen MR) is 45.8 cm³/mol. The molecule has 0 aromatic rings. The van der Waals surface area contributed by atoms with Gasteiger partial charge in [0.25, 0.3) is 0 Å². The summed E-state index contributed by atoms with van der Waals surface area (Å²) in [6.45, 7) is 3.82. The molecule has 0 aliphatic rings. The molecule has 66 valence electrons. The number of hydrogen-bond acceptors (Lipinski definition) is 3. The summed E-state index contributed by atoms with van der Waals surface area (Å²) in [5.41, 5.74) is 0. The van der Waals surface area contributed by atoms with E-state index in [0.29, 0.717) is 13.6 Å². The van der Waals surface area contributed by atoms with Crippen LogP contribution in [0.2, 0.25) is 0 Å². The molecule has 0 amide bonds. The van der Waals surface area contributed by atoms with Gasteiger partial charge in [0.05, 0.1) is 0 Å². The standard InChI is InChI=1S/C7H12BNO3/c1-5(2)3-6(7(10)11)9-4-8-12/h4-6H,3H2,1-2H3,(H,10,11)/t6-/m0/s1. The van der Waals surface area contributed by atoms with Gasteiger partial charge in [0, 0.05) is 0 Å². The summed E-state index contributed by atoms with van der Waals surface area (Å²) in [6, 6.07) is -0.782. The van der Waals surface area contributed by atoms with Crippen molar-refractivity contribution in [2.24, 2.45) is 10.9 Å². The first-order chi connectivity index (χ1) is 5.57. The van der Waals surface area contributed by atoms with E-state index in [9.17, 15) is 9.50 Å². The summed E-state index contributed by atoms with van der Waals surface area (Å²) in [5.74, 6) is -0.725. The fraction of sp³-hybridized carbons (Fsp3) is 0.714. The van der Waals surface area contributed by atoms with Crippen LogP contribution < -0.4 is 0 Å². The number of hydrogen-bond donors (Lipinski definition) is 1. The molecule has 0 aromatic carbocycles. The maximum atomic E-state index is 10.5. The molecule has 0 radical (unpaired) electrons. The Hall–Kier alpha value is -0.995. The number of carboxylic acid groups (broad SMARTS) is 1. The van der Waals surface area contributed by atoms with Gasteiger partial charge in [0.15, 0.2) is 0 Å². The molecule has 0 spiro atoms. The number of carbonyl (C=O) groups is 1. The minimum absolute atomic E-state index is 0.259. The van der Waals surface area contributed by atoms with Crippen LogP contribution in [0.15, 0.2) is 4.99 Å². The summed E-state index contributed by atoms with van der Waals surface area (Å²) in [4.78, 5) is 14.1. The molecule has 0 saturated heterocycles. The van der Waals surface area contributed by atoms with E-state index in [1.807, 2.05) is 13.8 Å². The van der Waals surface area contributed by atoms with Gasteiger partial charge < -0.3 is 0 Å². The van der Waals surface area contributed by atoms with Crippen molar-refractivity contribution >= 4 is 19.2 Å². The van der Waals surface area contributed by atoms with Crippen LogP contribution in [0.25, 0.3) is 0 Å². The number of carboxylic acids is 1. The van der Waals surface area contributed by atoms with Gasteiger partial charge in [-0.25, -0.2) is 0 Å². The van der Waals surface area contributed by atoms with Gasteiger partial charge in [0.2, 0.25) is 0 Å². The summed E-state index contributed by atoms with van der Waals surface area (Å²) in [6.07, 6.45) is 1.45. The van der Waals surface area contributed by atoms with Crippen molar-refractivity contribution in [1.29, 1.82) is 0 Å². The van der Waals surface area contributed by atoms with Crippen molar-refractivity contribution in [3.05, 3.63) is 0 Å². The third kappa shape index (κ3) is 4.76. The summed E-state index contributed by atoms with van der Waals surface area (Å²) in [7, 11) is 0.482. The third-order valence-electron chi connectivity index (χ3n) is 1.31. The Kier molecular flexibility index (Phi) is 5.16. The Morgan fingerprint density at radius 2 is 2.25 bits per heavy atom. The van der Waals surface area contributed by atoms with Crippen LogP contribution in [0.4, 0.5) is 0 Å². The first-order valence-electron chi connectivity index (χ1n) is 3.77. The average molecular weight is 169 g/mol. The molecule has 0 aromatic heterocycles. The molecule has 0 rings (SSSR count). The van der Waals surface area contributed by atoms with E-state index in [1.165, 1.54) is 0 Å². The zero-order valence-corrected chi connectivity index (χ0v) is 7.23. The third-order valence-corrected chi connectivity index (χ3v) is 1.31. The van der Waals surface area contributed by atoms with Gasteiger partial charge in [-0.1, -0.05) is 0 Å². The van der Waals surface area contributed by atoms with Crippen molar-refractivity contribution in [3.8, 4) is 0 Å². The zero-order chi connectivity index (χ0) is 9.56. The Bertz CT molecular complexity index is 191. The Balaban J connectivity index is 4.13. The van der Waals surface area contributed by atoms with Crippen LogP contribution in [-0.2, 0) is 9.50 Å². The molecular weight excluding hydrogens is 157 g/mol. The topological polar surface area (TPSA) is 66.7 Å². The molecule has 4 nitrogen and oxygen atoms in total. The van der Waals surface area contributed by atoms with Gasteiger partial charge in [-0.05, 0) is 0 Å². The van der Waals surface area contributed by atoms with Crippen LogP contribution in [0.5, 0.6) is 0 Å². The molecule has 0 unspecified atom stereocenters. The molecule has 0 aliphatic heterocycles. The molecular formula is C7H12BNO3. The fourth-order valence-corrected chi connectivity index (χ4v) is 0.811. The van der Waals surface area contributed by atoms with Gasteiger partial charge >= 0.3 is 71.1 Å². The van der Waals surface area contributed by atoms with Crippen molar-refractivity contribution in [2.45, 2.75) is 26.3 Å². The normalized spacial score (nSPS) is 13.2.